The van der Waals surface area contributed by atoms with E-state index in [1.54, 1.807) is 0 Å². The molecule has 0 spiro atoms. The first kappa shape index (κ1) is 9.31. The number of pyridine rings is 1. The highest BCUT2D eigenvalue weighted by Crippen LogP contribution is 2.30. The number of rotatable bonds is 1. The summed E-state index contributed by atoms with van der Waals surface area (Å²) in [6, 6.07) is 1.85. The molecule has 0 aromatic carbocycles. The summed E-state index contributed by atoms with van der Waals surface area (Å²) in [6.45, 7) is 3.40. The molecule has 0 unspecified atom stereocenters. The maximum absolute atomic E-state index is 6.04. The molecule has 1 aromatic heterocycles. The van der Waals surface area contributed by atoms with Crippen molar-refractivity contribution in [2.75, 3.05) is 13.2 Å². The summed E-state index contributed by atoms with van der Waals surface area (Å²) in [4.78, 5) is 5.25. The average Bonchev–Trinajstić information content (AvgIpc) is 1.96. The second-order valence-corrected chi connectivity index (χ2v) is 4.08. The van der Waals surface area contributed by atoms with Gasteiger partial charge in [0.15, 0.2) is 0 Å². The Kier molecular flexibility index (Phi) is 2.49. The van der Waals surface area contributed by atoms with Gasteiger partial charge in [0.05, 0.1) is 29.6 Å². The Bertz CT molecular complexity index is 339. The molecule has 70 valence electrons. The molecule has 1 aliphatic heterocycles. The van der Waals surface area contributed by atoms with Crippen molar-refractivity contribution < 1.29 is 4.74 Å². The molecule has 0 radical (unpaired) electrons. The second-order valence-electron chi connectivity index (χ2n) is 3.19. The molecular formula is C9H10ClNOS. The normalized spacial score (nSPS) is 17.2. The van der Waals surface area contributed by atoms with E-state index < -0.39 is 0 Å². The van der Waals surface area contributed by atoms with Crippen LogP contribution in [0.15, 0.2) is 11.0 Å². The molecule has 1 saturated heterocycles. The van der Waals surface area contributed by atoms with Gasteiger partial charge in [-0.1, -0.05) is 11.6 Å². The minimum absolute atomic E-state index is 0.375. The number of aryl methyl sites for hydroxylation is 1. The van der Waals surface area contributed by atoms with Gasteiger partial charge in [0.1, 0.15) is 0 Å². The van der Waals surface area contributed by atoms with Crippen LogP contribution in [0.3, 0.4) is 0 Å². The highest BCUT2D eigenvalue weighted by molar-refractivity contribution is 7.80. The van der Waals surface area contributed by atoms with E-state index in [9.17, 15) is 0 Å². The molecule has 2 heterocycles. The lowest BCUT2D eigenvalue weighted by atomic mass is 10.0. The molecule has 2 nitrogen and oxygen atoms in total. The lowest BCUT2D eigenvalue weighted by Gasteiger charge is -2.26. The van der Waals surface area contributed by atoms with Crippen molar-refractivity contribution in [3.63, 3.8) is 0 Å². The van der Waals surface area contributed by atoms with E-state index in [4.69, 9.17) is 16.3 Å². The molecule has 0 saturated carbocycles. The largest absolute Gasteiger partial charge is 0.380 e. The minimum atomic E-state index is 0.375. The highest BCUT2D eigenvalue weighted by Gasteiger charge is 2.24. The number of ether oxygens (including phenoxy) is 1. The van der Waals surface area contributed by atoms with Crippen molar-refractivity contribution in [1.82, 2.24) is 4.98 Å². The third-order valence-electron chi connectivity index (χ3n) is 2.19. The SMILES string of the molecule is Cc1nc(C2COC2)c(Cl)cc1S. The smallest absolute Gasteiger partial charge is 0.0670 e. The first-order chi connectivity index (χ1) is 6.18. The third-order valence-corrected chi connectivity index (χ3v) is 2.95. The van der Waals surface area contributed by atoms with Crippen LogP contribution in [0.5, 0.6) is 0 Å². The summed E-state index contributed by atoms with van der Waals surface area (Å²) in [5, 5.41) is 0.698. The predicted octanol–water partition coefficient (Wildman–Crippen LogP) is 2.45. The zero-order valence-corrected chi connectivity index (χ0v) is 8.90. The fourth-order valence-corrected chi connectivity index (χ4v) is 1.83. The topological polar surface area (TPSA) is 22.1 Å². The Morgan fingerprint density at radius 3 is 2.85 bits per heavy atom. The molecule has 0 amide bonds. The molecule has 0 atom stereocenters. The number of hydrogen-bond donors (Lipinski definition) is 1. The van der Waals surface area contributed by atoms with Gasteiger partial charge in [-0.3, -0.25) is 4.98 Å². The van der Waals surface area contributed by atoms with Crippen LogP contribution in [0.2, 0.25) is 5.02 Å². The molecule has 13 heavy (non-hydrogen) atoms. The Hall–Kier alpha value is -0.250. The van der Waals surface area contributed by atoms with Gasteiger partial charge in [-0.25, -0.2) is 0 Å². The summed E-state index contributed by atoms with van der Waals surface area (Å²) >= 11 is 10.3. The third kappa shape index (κ3) is 1.68. The Labute approximate surface area is 87.7 Å². The van der Waals surface area contributed by atoms with Gasteiger partial charge in [0, 0.05) is 10.8 Å². The lowest BCUT2D eigenvalue weighted by Crippen LogP contribution is -2.26. The van der Waals surface area contributed by atoms with Gasteiger partial charge in [0.25, 0.3) is 0 Å². The monoisotopic (exact) mass is 215 g/mol. The van der Waals surface area contributed by atoms with Crippen molar-refractivity contribution in [1.29, 1.82) is 0 Å². The van der Waals surface area contributed by atoms with Gasteiger partial charge in [0.2, 0.25) is 0 Å². The van der Waals surface area contributed by atoms with E-state index in [-0.39, 0.29) is 0 Å². The summed E-state index contributed by atoms with van der Waals surface area (Å²) in [7, 11) is 0. The van der Waals surface area contributed by atoms with Gasteiger partial charge >= 0.3 is 0 Å². The number of nitrogens with zero attached hydrogens (tertiary/aromatic N) is 1. The van der Waals surface area contributed by atoms with E-state index in [0.29, 0.717) is 10.9 Å². The maximum atomic E-state index is 6.04. The standard InChI is InChI=1S/C9H10ClNOS/c1-5-8(13)2-7(10)9(11-5)6-3-12-4-6/h2,6,13H,3-4H2,1H3. The molecule has 4 heteroatoms. The molecule has 2 rings (SSSR count). The summed E-state index contributed by atoms with van der Waals surface area (Å²) in [6.07, 6.45) is 0. The minimum Gasteiger partial charge on any atom is -0.380 e. The van der Waals surface area contributed by atoms with Gasteiger partial charge in [-0.05, 0) is 13.0 Å². The van der Waals surface area contributed by atoms with E-state index in [2.05, 4.69) is 17.6 Å². The predicted molar refractivity (Wildman–Crippen MR) is 54.8 cm³/mol. The van der Waals surface area contributed by atoms with Crippen LogP contribution in [-0.2, 0) is 4.74 Å². The summed E-state index contributed by atoms with van der Waals surface area (Å²) < 4.78 is 5.10. The van der Waals surface area contributed by atoms with Crippen LogP contribution in [0.25, 0.3) is 0 Å². The van der Waals surface area contributed by atoms with Crippen LogP contribution >= 0.6 is 24.2 Å². The van der Waals surface area contributed by atoms with Gasteiger partial charge in [-0.15, -0.1) is 12.6 Å². The van der Waals surface area contributed by atoms with Gasteiger partial charge < -0.3 is 4.74 Å². The highest BCUT2D eigenvalue weighted by atomic mass is 35.5. The molecule has 1 fully saturated rings. The first-order valence-electron chi connectivity index (χ1n) is 4.12. The van der Waals surface area contributed by atoms with E-state index in [0.717, 1.165) is 29.5 Å². The van der Waals surface area contributed by atoms with Crippen LogP contribution in [0, 0.1) is 6.92 Å². The fourth-order valence-electron chi connectivity index (χ4n) is 1.27. The van der Waals surface area contributed by atoms with Crippen LogP contribution in [0.4, 0.5) is 0 Å². The van der Waals surface area contributed by atoms with E-state index in [1.807, 2.05) is 13.0 Å². The van der Waals surface area contributed by atoms with Crippen LogP contribution in [0.1, 0.15) is 17.3 Å². The van der Waals surface area contributed by atoms with Crippen molar-refractivity contribution in [3.05, 3.63) is 22.5 Å². The fraction of sp³-hybridized carbons (Fsp3) is 0.444. The lowest BCUT2D eigenvalue weighted by molar-refractivity contribution is 0.00667. The Balaban J connectivity index is 2.39. The zero-order chi connectivity index (χ0) is 9.42. The number of aromatic nitrogens is 1. The Morgan fingerprint density at radius 2 is 2.31 bits per heavy atom. The van der Waals surface area contributed by atoms with Crippen molar-refractivity contribution in [3.8, 4) is 0 Å². The molecule has 0 aliphatic carbocycles. The number of halogens is 1. The van der Waals surface area contributed by atoms with Crippen molar-refractivity contribution in [2.24, 2.45) is 0 Å². The molecule has 0 N–H and O–H groups in total. The van der Waals surface area contributed by atoms with E-state index in [1.165, 1.54) is 0 Å². The van der Waals surface area contributed by atoms with Crippen molar-refractivity contribution in [2.45, 2.75) is 17.7 Å². The molecule has 0 bridgehead atoms. The van der Waals surface area contributed by atoms with Crippen molar-refractivity contribution >= 4 is 24.2 Å². The first-order valence-corrected chi connectivity index (χ1v) is 4.94. The summed E-state index contributed by atoms with van der Waals surface area (Å²) in [5.41, 5.74) is 1.87. The van der Waals surface area contributed by atoms with Crippen LogP contribution in [-0.4, -0.2) is 18.2 Å². The Morgan fingerprint density at radius 1 is 1.62 bits per heavy atom. The second kappa shape index (κ2) is 3.48. The summed E-state index contributed by atoms with van der Waals surface area (Å²) in [5.74, 6) is 0.375. The molecule has 1 aromatic rings. The van der Waals surface area contributed by atoms with Gasteiger partial charge in [-0.2, -0.15) is 0 Å². The van der Waals surface area contributed by atoms with E-state index >= 15 is 0 Å². The van der Waals surface area contributed by atoms with Crippen LogP contribution < -0.4 is 0 Å². The number of hydrogen-bond acceptors (Lipinski definition) is 3. The maximum Gasteiger partial charge on any atom is 0.0670 e. The average molecular weight is 216 g/mol. The number of thiol groups is 1. The molecule has 1 aliphatic rings. The quantitative estimate of drug-likeness (QED) is 0.727. The zero-order valence-electron chi connectivity index (χ0n) is 7.25. The molecular weight excluding hydrogens is 206 g/mol.